The Morgan fingerprint density at radius 3 is 1.01 bits per heavy atom. The molecule has 0 saturated carbocycles. The molecule has 12 aromatic rings. The molecule has 0 atom stereocenters. The highest BCUT2D eigenvalue weighted by Crippen LogP contribution is 2.32. The molecule has 0 unspecified atom stereocenters. The van der Waals surface area contributed by atoms with Crippen LogP contribution in [0.25, 0.3) is 0 Å². The zero-order valence-electron chi connectivity index (χ0n) is 72.0. The van der Waals surface area contributed by atoms with Crippen molar-refractivity contribution in [3.05, 3.63) is 361 Å². The van der Waals surface area contributed by atoms with Crippen LogP contribution >= 0.6 is 62.3 Å². The molecule has 0 bridgehead atoms. The lowest BCUT2D eigenvalue weighted by Crippen LogP contribution is -2.22. The normalized spacial score (nSPS) is 10.5. The van der Waals surface area contributed by atoms with Crippen LogP contribution in [0.15, 0.2) is 229 Å². The number of rotatable bonds is 26. The first-order valence-corrected chi connectivity index (χ1v) is 41.5. The molecule has 662 valence electrons. The van der Waals surface area contributed by atoms with Gasteiger partial charge < -0.3 is 50.3 Å². The van der Waals surface area contributed by atoms with Gasteiger partial charge in [-0.3, -0.25) is 60.0 Å². The number of nitrogens with one attached hydrogen (secondary N) is 8. The summed E-state index contributed by atoms with van der Waals surface area (Å²) in [6.45, 7) is 3.74. The second-order valence-electron chi connectivity index (χ2n) is 29.7. The number of benzene rings is 8. The summed E-state index contributed by atoms with van der Waals surface area (Å²) in [6, 6.07) is 53.2. The third-order valence-corrected chi connectivity index (χ3v) is 20.7. The summed E-state index contributed by atoms with van der Waals surface area (Å²) in [5, 5.41) is 44.4. The largest absolute Gasteiger partial charge is 0.497 e. The number of hydrogen-bond donors (Lipinski definition) is 8. The number of methoxy groups -OCH3 is 2. The van der Waals surface area contributed by atoms with Gasteiger partial charge in [-0.05, 0) is 156 Å². The maximum absolute atomic E-state index is 14.7. The second kappa shape index (κ2) is 45.9. The van der Waals surface area contributed by atoms with Gasteiger partial charge in [-0.2, -0.15) is 0 Å². The van der Waals surface area contributed by atoms with Gasteiger partial charge in [0.2, 0.25) is 0 Å². The fraction of sp³-hybridized carbons (Fsp3) is 0.167. The van der Waals surface area contributed by atoms with Crippen molar-refractivity contribution in [2.45, 2.75) is 39.5 Å². The molecule has 8 N–H and O–H groups in total. The quantitative estimate of drug-likeness (QED) is 0.0142. The molecule has 4 heterocycles. The van der Waals surface area contributed by atoms with Crippen LogP contribution in [0.5, 0.6) is 11.5 Å². The van der Waals surface area contributed by atoms with Crippen molar-refractivity contribution in [3.63, 3.8) is 0 Å². The average molecular weight is 1890 g/mol. The van der Waals surface area contributed by atoms with E-state index < -0.39 is 40.9 Å². The molecule has 26 nitrogen and oxygen atoms in total. The number of hydrogen-bond acceptors (Lipinski definition) is 18. The van der Waals surface area contributed by atoms with Crippen molar-refractivity contribution in [2.75, 3.05) is 91.9 Å². The highest BCUT2D eigenvalue weighted by Gasteiger charge is 2.26. The molecule has 12 rings (SSSR count). The Bertz CT molecular complexity index is 6230. The number of halogens is 7. The lowest BCUT2D eigenvalue weighted by molar-refractivity contribution is 0.0976. The Balaban J connectivity index is 0.000000194. The van der Waals surface area contributed by atoms with E-state index in [4.69, 9.17) is 77.5 Å². The molecule has 33 heteroatoms. The third-order valence-electron chi connectivity index (χ3n) is 19.3. The minimum atomic E-state index is -0.728. The molecular weight excluding hydrogens is 1800 g/mol. The molecule has 0 radical (unpaired) electrons. The molecule has 129 heavy (non-hydrogen) atoms. The number of carbonyl (C=O) groups is 8. The van der Waals surface area contributed by atoms with Crippen molar-refractivity contribution in [3.8, 4) is 11.5 Å². The number of aromatic nitrogens is 4. The fourth-order valence-electron chi connectivity index (χ4n) is 12.4. The van der Waals surface area contributed by atoms with Gasteiger partial charge >= 0.3 is 0 Å². The van der Waals surface area contributed by atoms with Gasteiger partial charge in [0.25, 0.3) is 23.6 Å². The van der Waals surface area contributed by atoms with Crippen molar-refractivity contribution < 1.29 is 56.6 Å². The number of anilines is 4. The maximum Gasteiger partial charge on any atom is 0.257 e. The summed E-state index contributed by atoms with van der Waals surface area (Å²) in [5.74, 6) is -1.35. The monoisotopic (exact) mass is 1880 g/mol. The van der Waals surface area contributed by atoms with Gasteiger partial charge in [-0.25, -0.2) is 28.7 Å². The number of ether oxygens (including phenoxy) is 2. The van der Waals surface area contributed by atoms with Crippen LogP contribution in [0.4, 0.5) is 32.1 Å². The summed E-state index contributed by atoms with van der Waals surface area (Å²) in [5.41, 5.74) is 7.78. The van der Waals surface area contributed by atoms with Gasteiger partial charge in [0.1, 0.15) is 69.7 Å². The van der Waals surface area contributed by atoms with E-state index in [1.54, 1.807) is 217 Å². The Morgan fingerprint density at radius 1 is 0.341 bits per heavy atom. The summed E-state index contributed by atoms with van der Waals surface area (Å²) in [7, 11) is 16.8. The Hall–Kier alpha value is -14.1. The third kappa shape index (κ3) is 27.7. The van der Waals surface area contributed by atoms with Crippen LogP contribution in [-0.2, 0) is 25.7 Å². The smallest absolute Gasteiger partial charge is 0.257 e. The number of ketones is 4. The van der Waals surface area contributed by atoms with E-state index >= 15 is 0 Å². The second-order valence-corrected chi connectivity index (χ2v) is 32.3. The Labute approximate surface area is 772 Å². The number of Topliss-reactive ketones (excluding diaryl/α,β-unsaturated/α-hetero) is 4. The molecule has 0 aliphatic carbocycles. The predicted octanol–water partition coefficient (Wildman–Crippen LogP) is 18.9. The van der Waals surface area contributed by atoms with Crippen LogP contribution in [-0.4, -0.2) is 180 Å². The van der Waals surface area contributed by atoms with Crippen molar-refractivity contribution >= 4 is 156 Å². The lowest BCUT2D eigenvalue weighted by Gasteiger charge is -2.15. The number of amidine groups is 4. The highest BCUT2D eigenvalue weighted by molar-refractivity contribution is 9.10. The highest BCUT2D eigenvalue weighted by atomic mass is 79.9. The molecule has 0 fully saturated rings. The molecule has 8 aromatic carbocycles. The SMILES string of the molecule is COc1cc(Cl)cc(C(=O)Nc2ccc(Cl)cn2)c1CC(=O)c1ccc(C(=N)N(C)C)cc1.COc1ccc(CC(=O)c2ccc(C(=N)N(C)C)cc2F)c(C(=O)Nc2ccc(Cl)cn2)c1.Cc1ccc(CC(=O)c2ccc(C(=N)N(C)C)cc2)c(C(=O)Nc2ccc(Br)cn2)c1.Cc1ccc(CC(=O)c2ccc(C(=N)N(C)C)cc2F)c(C(=O)Nc2ccc(Cl)cn2)c1. The van der Waals surface area contributed by atoms with Crippen molar-refractivity contribution in [2.24, 2.45) is 0 Å². The first-order valence-electron chi connectivity index (χ1n) is 39.2. The number of pyridine rings is 4. The number of amides is 4. The molecule has 4 amide bonds. The van der Waals surface area contributed by atoms with Crippen LogP contribution in [0.2, 0.25) is 20.1 Å². The van der Waals surface area contributed by atoms with Crippen LogP contribution < -0.4 is 30.7 Å². The fourth-order valence-corrected chi connectivity index (χ4v) is 13.2. The molecule has 0 spiro atoms. The van der Waals surface area contributed by atoms with Crippen molar-refractivity contribution in [1.29, 1.82) is 21.6 Å². The summed E-state index contributed by atoms with van der Waals surface area (Å²) in [4.78, 5) is 126. The minimum absolute atomic E-state index is 0.0817. The van der Waals surface area contributed by atoms with E-state index in [2.05, 4.69) is 57.1 Å². The standard InChI is InChI=1S/C24H23BrN4O2.C24H22Cl2N4O3.C24H22ClFN4O3.C24H22ClFN4O2/c1-15-4-5-18(20(12-15)24(31)28-22-11-10-19(25)14-27-22)13-21(30)16-6-8-17(9-7-16)23(26)29(2)3;1-30(2)23(27)15-6-4-14(5-7-15)20(31)12-18-19(10-17(26)11-21(18)33-3)24(32)29-22-9-8-16(25)13-28-22;1-30(2)23(27)15-5-8-18(20(26)10-15)21(31)11-14-4-7-17(33-3)12-19(14)24(32)29-22-9-6-16(25)13-28-22;1-14-4-5-15(19(10-14)24(32)29-22-9-7-17(25)13-28-22)12-21(31)18-8-6-16(11-20(18)26)23(27)30(2)3/h4-12,14,26H,13H2,1-3H3,(H,27,28,31);4-11,13,27H,12H2,1-3H3,(H,28,29,32);4-10,12-13,27H,11H2,1-3H3,(H,28,29,32);4-11,13,27H,12H2,1-3H3,(H,28,29,32). The van der Waals surface area contributed by atoms with Gasteiger partial charge in [0.15, 0.2) is 23.1 Å². The number of nitrogens with zero attached hydrogens (tertiary/aromatic N) is 8. The molecular formula is C96H89BrCl4F2N16O10. The molecule has 4 aromatic heterocycles. The molecule has 0 aliphatic rings. The zero-order valence-corrected chi connectivity index (χ0v) is 76.6. The van der Waals surface area contributed by atoms with Crippen LogP contribution in [0.3, 0.4) is 0 Å². The van der Waals surface area contributed by atoms with Gasteiger partial charge in [-0.15, -0.1) is 0 Å². The van der Waals surface area contributed by atoms with E-state index in [9.17, 15) is 47.1 Å². The lowest BCUT2D eigenvalue weighted by atomic mass is 9.96. The number of aryl methyl sites for hydroxylation is 2. The van der Waals surface area contributed by atoms with Gasteiger partial charge in [0, 0.05) is 178 Å². The van der Waals surface area contributed by atoms with E-state index in [1.807, 2.05) is 26.0 Å². The van der Waals surface area contributed by atoms with E-state index in [1.165, 1.54) is 80.2 Å². The van der Waals surface area contributed by atoms with E-state index in [0.717, 1.165) is 27.2 Å². The van der Waals surface area contributed by atoms with Crippen LogP contribution in [0.1, 0.15) is 138 Å². The Morgan fingerprint density at radius 2 is 0.667 bits per heavy atom. The maximum atomic E-state index is 14.7. The van der Waals surface area contributed by atoms with Gasteiger partial charge in [-0.1, -0.05) is 149 Å². The number of carbonyl (C=O) groups excluding carboxylic acids is 8. The van der Waals surface area contributed by atoms with Gasteiger partial charge in [0.05, 0.1) is 40.4 Å². The topological polar surface area (TPSA) is 363 Å². The summed E-state index contributed by atoms with van der Waals surface area (Å²) in [6.07, 6.45) is 5.50. The Kier molecular flexibility index (Phi) is 35.1. The molecule has 0 aliphatic heterocycles. The first kappa shape index (κ1) is 98.7. The van der Waals surface area contributed by atoms with E-state index in [0.29, 0.717) is 122 Å². The minimum Gasteiger partial charge on any atom is -0.497 e. The van der Waals surface area contributed by atoms with Crippen LogP contribution in [0, 0.1) is 47.1 Å². The summed E-state index contributed by atoms with van der Waals surface area (Å²) < 4.78 is 40.7. The van der Waals surface area contributed by atoms with E-state index in [-0.39, 0.29) is 82.9 Å². The molecule has 0 saturated heterocycles. The first-order chi connectivity index (χ1) is 61.3. The summed E-state index contributed by atoms with van der Waals surface area (Å²) >= 11 is 27.0. The zero-order chi connectivity index (χ0) is 94.2. The predicted molar refractivity (Wildman–Crippen MR) is 505 cm³/mol. The average Bonchev–Trinajstić information content (AvgIpc) is 0.836. The van der Waals surface area contributed by atoms with Crippen molar-refractivity contribution in [1.82, 2.24) is 39.5 Å².